The first-order valence-corrected chi connectivity index (χ1v) is 12.5. The molecule has 0 spiro atoms. The summed E-state index contributed by atoms with van der Waals surface area (Å²) in [6.45, 7) is 0. The number of sulfonamides is 1. The quantitative estimate of drug-likeness (QED) is 0.310. The molecule has 3 aromatic heterocycles. The maximum atomic E-state index is 13.1. The van der Waals surface area contributed by atoms with E-state index in [4.69, 9.17) is 11.6 Å². The van der Waals surface area contributed by atoms with Crippen LogP contribution in [0.3, 0.4) is 0 Å². The lowest BCUT2D eigenvalue weighted by atomic mass is 10.1. The second-order valence-corrected chi connectivity index (χ2v) is 10.1. The van der Waals surface area contributed by atoms with Gasteiger partial charge in [0.15, 0.2) is 0 Å². The molecule has 2 aromatic carbocycles. The molecular formula is C24H16ClF3N6O2S. The number of fused-ring (bicyclic) bond motifs is 1. The highest BCUT2D eigenvalue weighted by Crippen LogP contribution is 2.34. The van der Waals surface area contributed by atoms with Gasteiger partial charge in [0.2, 0.25) is 0 Å². The zero-order chi connectivity index (χ0) is 26.4. The van der Waals surface area contributed by atoms with Crippen molar-refractivity contribution in [1.29, 1.82) is 0 Å². The zero-order valence-electron chi connectivity index (χ0n) is 18.9. The van der Waals surface area contributed by atoms with Crippen molar-refractivity contribution in [2.75, 3.05) is 4.72 Å². The Morgan fingerprint density at radius 2 is 1.73 bits per heavy atom. The summed E-state index contributed by atoms with van der Waals surface area (Å²) in [7, 11) is -2.65. The summed E-state index contributed by atoms with van der Waals surface area (Å²) in [6, 6.07) is 8.93. The lowest BCUT2D eigenvalue weighted by molar-refractivity contribution is -0.137. The molecule has 5 rings (SSSR count). The van der Waals surface area contributed by atoms with Gasteiger partial charge in [0.1, 0.15) is 4.90 Å². The summed E-state index contributed by atoms with van der Waals surface area (Å²) in [5.41, 5.74) is 2.82. The third-order valence-electron chi connectivity index (χ3n) is 5.41. The molecule has 0 atom stereocenters. The van der Waals surface area contributed by atoms with Gasteiger partial charge in [-0.25, -0.2) is 13.4 Å². The van der Waals surface area contributed by atoms with Gasteiger partial charge in [0, 0.05) is 30.6 Å². The van der Waals surface area contributed by atoms with Crippen molar-refractivity contribution in [2.24, 2.45) is 7.05 Å². The van der Waals surface area contributed by atoms with E-state index in [0.717, 1.165) is 11.6 Å². The van der Waals surface area contributed by atoms with Gasteiger partial charge in [-0.2, -0.15) is 18.3 Å². The fourth-order valence-corrected chi connectivity index (χ4v) is 5.19. The Morgan fingerprint density at radius 1 is 0.919 bits per heavy atom. The molecule has 3 heterocycles. The Balaban J connectivity index is 1.47. The molecule has 0 bridgehead atoms. The first-order valence-electron chi connectivity index (χ1n) is 10.6. The molecule has 5 aromatic rings. The topological polar surface area (TPSA) is 103 Å². The van der Waals surface area contributed by atoms with Crippen LogP contribution in [-0.2, 0) is 23.2 Å². The number of benzene rings is 2. The van der Waals surface area contributed by atoms with Gasteiger partial charge < -0.3 is 0 Å². The monoisotopic (exact) mass is 544 g/mol. The number of halogens is 4. The van der Waals surface area contributed by atoms with Gasteiger partial charge in [0.05, 0.1) is 51.6 Å². The van der Waals surface area contributed by atoms with E-state index in [1.807, 2.05) is 6.20 Å². The van der Waals surface area contributed by atoms with Crippen LogP contribution in [0.2, 0.25) is 5.02 Å². The summed E-state index contributed by atoms with van der Waals surface area (Å²) in [5.74, 6) is 0. The first kappa shape index (κ1) is 24.7. The minimum absolute atomic E-state index is 0.0428. The van der Waals surface area contributed by atoms with Crippen LogP contribution in [0.5, 0.6) is 0 Å². The second-order valence-electron chi connectivity index (χ2n) is 8.07. The number of anilines is 1. The second kappa shape index (κ2) is 9.12. The molecule has 0 radical (unpaired) electrons. The summed E-state index contributed by atoms with van der Waals surface area (Å²) in [4.78, 5) is 12.5. The Hall–Kier alpha value is -4.03. The highest BCUT2D eigenvalue weighted by Gasteiger charge is 2.32. The average molecular weight is 545 g/mol. The molecule has 188 valence electrons. The molecule has 37 heavy (non-hydrogen) atoms. The highest BCUT2D eigenvalue weighted by molar-refractivity contribution is 7.92. The van der Waals surface area contributed by atoms with Gasteiger partial charge in [-0.3, -0.25) is 19.4 Å². The predicted molar refractivity (Wildman–Crippen MR) is 132 cm³/mol. The lowest BCUT2D eigenvalue weighted by Gasteiger charge is -2.13. The first-order chi connectivity index (χ1) is 17.5. The van der Waals surface area contributed by atoms with Crippen LogP contribution in [0.4, 0.5) is 18.9 Å². The number of aromatic nitrogens is 5. The van der Waals surface area contributed by atoms with E-state index in [1.165, 1.54) is 18.5 Å². The van der Waals surface area contributed by atoms with Crippen LogP contribution in [0.1, 0.15) is 5.56 Å². The third-order valence-corrected chi connectivity index (χ3v) is 7.28. The van der Waals surface area contributed by atoms with Crippen molar-refractivity contribution in [3.63, 3.8) is 0 Å². The molecule has 0 saturated heterocycles. The number of nitrogens with zero attached hydrogens (tertiary/aromatic N) is 5. The smallest absolute Gasteiger partial charge is 0.278 e. The molecule has 0 fully saturated rings. The highest BCUT2D eigenvalue weighted by atomic mass is 35.5. The number of nitrogens with one attached hydrogen (secondary N) is 1. The number of pyridine rings is 1. The van der Waals surface area contributed by atoms with Crippen LogP contribution in [-0.4, -0.2) is 33.2 Å². The van der Waals surface area contributed by atoms with Gasteiger partial charge >= 0.3 is 6.18 Å². The normalized spacial score (nSPS) is 12.1. The molecule has 13 heteroatoms. The molecule has 0 aliphatic carbocycles. The van der Waals surface area contributed by atoms with Crippen molar-refractivity contribution in [3.05, 3.63) is 84.0 Å². The molecule has 0 unspecified atom stereocenters. The van der Waals surface area contributed by atoms with E-state index in [-0.39, 0.29) is 10.7 Å². The van der Waals surface area contributed by atoms with E-state index in [9.17, 15) is 21.6 Å². The largest absolute Gasteiger partial charge is 0.416 e. The average Bonchev–Trinajstić information content (AvgIpc) is 3.29. The van der Waals surface area contributed by atoms with E-state index in [2.05, 4.69) is 24.8 Å². The fraction of sp³-hybridized carbons (Fsp3) is 0.0833. The number of hydrogen-bond acceptors (Lipinski definition) is 6. The van der Waals surface area contributed by atoms with Crippen LogP contribution in [0, 0.1) is 0 Å². The Kier molecular flexibility index (Phi) is 6.08. The van der Waals surface area contributed by atoms with E-state index < -0.39 is 26.7 Å². The molecule has 0 saturated carbocycles. The van der Waals surface area contributed by atoms with E-state index in [0.29, 0.717) is 40.0 Å². The Morgan fingerprint density at radius 3 is 2.46 bits per heavy atom. The van der Waals surface area contributed by atoms with Crippen molar-refractivity contribution in [1.82, 2.24) is 24.7 Å². The number of hydrogen-bond donors (Lipinski definition) is 1. The molecule has 0 amide bonds. The summed E-state index contributed by atoms with van der Waals surface area (Å²) >= 11 is 5.92. The number of aryl methyl sites for hydroxylation is 1. The van der Waals surface area contributed by atoms with Crippen LogP contribution in [0.25, 0.3) is 33.4 Å². The van der Waals surface area contributed by atoms with Crippen molar-refractivity contribution in [2.45, 2.75) is 11.1 Å². The number of alkyl halides is 3. The predicted octanol–water partition coefficient (Wildman–Crippen LogP) is 5.57. The van der Waals surface area contributed by atoms with E-state index >= 15 is 0 Å². The van der Waals surface area contributed by atoms with Crippen molar-refractivity contribution in [3.8, 4) is 22.4 Å². The molecular weight excluding hydrogens is 529 g/mol. The van der Waals surface area contributed by atoms with Gasteiger partial charge in [-0.05, 0) is 42.0 Å². The summed E-state index contributed by atoms with van der Waals surface area (Å²) < 4.78 is 69.0. The summed E-state index contributed by atoms with van der Waals surface area (Å²) in [6.07, 6.45) is 3.17. The van der Waals surface area contributed by atoms with Crippen LogP contribution >= 0.6 is 11.6 Å². The Labute approximate surface area is 213 Å². The molecule has 0 aliphatic heterocycles. The molecule has 8 nitrogen and oxygen atoms in total. The van der Waals surface area contributed by atoms with Crippen molar-refractivity contribution < 1.29 is 21.6 Å². The zero-order valence-corrected chi connectivity index (χ0v) is 20.5. The molecule has 1 N–H and O–H groups in total. The van der Waals surface area contributed by atoms with Gasteiger partial charge in [0.25, 0.3) is 10.0 Å². The summed E-state index contributed by atoms with van der Waals surface area (Å²) in [5, 5.41) is 3.80. The fourth-order valence-electron chi connectivity index (χ4n) is 3.63. The van der Waals surface area contributed by atoms with Crippen LogP contribution in [0.15, 0.2) is 78.3 Å². The third kappa shape index (κ3) is 5.11. The maximum absolute atomic E-state index is 13.1. The van der Waals surface area contributed by atoms with Gasteiger partial charge in [-0.1, -0.05) is 17.7 Å². The Bertz CT molecular complexity index is 1760. The maximum Gasteiger partial charge on any atom is 0.416 e. The number of rotatable bonds is 5. The standard InChI is InChI=1S/C24H16ClF3N6O2S/c1-34-13-16(10-31-34)22-12-30-20-5-2-14(7-21(20)32-22)15-6-18(11-29-9-15)33-37(35,36)23-8-17(24(26,27)28)3-4-19(23)25/h2-13,33H,1H3. The lowest BCUT2D eigenvalue weighted by Crippen LogP contribution is -2.15. The van der Waals surface area contributed by atoms with E-state index in [1.54, 1.807) is 42.3 Å². The minimum atomic E-state index is -4.73. The van der Waals surface area contributed by atoms with Gasteiger partial charge in [-0.15, -0.1) is 0 Å². The minimum Gasteiger partial charge on any atom is -0.278 e. The SMILES string of the molecule is Cn1cc(-c2cnc3ccc(-c4cncc(NS(=O)(=O)c5cc(C(F)(F)F)ccc5Cl)c4)cc3n2)cn1. The van der Waals surface area contributed by atoms with Crippen LogP contribution < -0.4 is 4.72 Å². The van der Waals surface area contributed by atoms with Crippen molar-refractivity contribution >= 4 is 38.3 Å². The molecule has 0 aliphatic rings.